The van der Waals surface area contributed by atoms with Crippen LogP contribution in [0.1, 0.15) is 11.4 Å². The van der Waals surface area contributed by atoms with Crippen LogP contribution < -0.4 is 5.73 Å². The Morgan fingerprint density at radius 1 is 1.05 bits per heavy atom. The van der Waals surface area contributed by atoms with E-state index in [1.807, 2.05) is 12.1 Å². The van der Waals surface area contributed by atoms with Crippen LogP contribution in [0.4, 0.5) is 14.5 Å². The molecule has 3 N–H and O–H groups in total. The monoisotopic (exact) mass is 286 g/mol. The largest absolute Gasteiger partial charge is 0.399 e. The molecule has 0 aliphatic heterocycles. The second-order valence-corrected chi connectivity index (χ2v) is 4.65. The lowest BCUT2D eigenvalue weighted by Crippen LogP contribution is -1.92. The molecule has 21 heavy (non-hydrogen) atoms. The smallest absolute Gasteiger partial charge is 0.184 e. The number of anilines is 1. The number of nitrogens with one attached hydrogen (secondary N) is 1. The first-order valence-corrected chi connectivity index (χ1v) is 6.33. The van der Waals surface area contributed by atoms with Gasteiger partial charge in [0, 0.05) is 18.2 Å². The van der Waals surface area contributed by atoms with Gasteiger partial charge in [-0.05, 0) is 29.8 Å². The summed E-state index contributed by atoms with van der Waals surface area (Å²) in [6.07, 6.45) is 0.524. The minimum Gasteiger partial charge on any atom is -0.399 e. The van der Waals surface area contributed by atoms with E-state index in [0.717, 1.165) is 11.6 Å². The number of aromatic nitrogens is 3. The highest BCUT2D eigenvalue weighted by Gasteiger charge is 2.12. The maximum atomic E-state index is 13.7. The van der Waals surface area contributed by atoms with Crippen LogP contribution in [0.2, 0.25) is 0 Å². The summed E-state index contributed by atoms with van der Waals surface area (Å²) in [7, 11) is 0. The lowest BCUT2D eigenvalue weighted by Gasteiger charge is -1.99. The number of hydrogen-bond donors (Lipinski definition) is 2. The number of nitrogens with zero attached hydrogens (tertiary/aromatic N) is 2. The molecular weight excluding hydrogens is 274 g/mol. The minimum absolute atomic E-state index is 0.163. The van der Waals surface area contributed by atoms with E-state index in [1.165, 1.54) is 12.1 Å². The van der Waals surface area contributed by atoms with Crippen LogP contribution in [-0.4, -0.2) is 15.2 Å². The Kier molecular flexibility index (Phi) is 3.35. The Bertz CT molecular complexity index is 766. The Morgan fingerprint density at radius 3 is 2.52 bits per heavy atom. The highest BCUT2D eigenvalue weighted by Crippen LogP contribution is 2.20. The average molecular weight is 286 g/mol. The van der Waals surface area contributed by atoms with Crippen LogP contribution >= 0.6 is 0 Å². The minimum atomic E-state index is -0.687. The van der Waals surface area contributed by atoms with Gasteiger partial charge in [0.15, 0.2) is 5.82 Å². The summed E-state index contributed by atoms with van der Waals surface area (Å²) < 4.78 is 26.6. The van der Waals surface area contributed by atoms with Crippen LogP contribution in [0.25, 0.3) is 11.4 Å². The molecule has 106 valence electrons. The zero-order valence-electron chi connectivity index (χ0n) is 11.0. The molecule has 0 aliphatic carbocycles. The number of nitrogen functional groups attached to an aromatic ring is 1. The molecular formula is C15H12F2N4. The first kappa shape index (κ1) is 13.2. The van der Waals surface area contributed by atoms with Crippen molar-refractivity contribution in [3.05, 3.63) is 65.5 Å². The highest BCUT2D eigenvalue weighted by atomic mass is 19.1. The van der Waals surface area contributed by atoms with Crippen molar-refractivity contribution in [2.45, 2.75) is 6.42 Å². The van der Waals surface area contributed by atoms with Crippen LogP contribution in [-0.2, 0) is 6.42 Å². The van der Waals surface area contributed by atoms with Gasteiger partial charge in [-0.15, -0.1) is 0 Å². The van der Waals surface area contributed by atoms with Crippen LogP contribution in [0.15, 0.2) is 42.5 Å². The Hall–Kier alpha value is -2.76. The standard InChI is InChI=1S/C15H12F2N4/c16-10-3-6-12(13(17)8-10)15-19-14(20-21-15)7-9-1-4-11(18)5-2-9/h1-6,8H,7,18H2,(H,19,20,21). The molecule has 1 heterocycles. The van der Waals surface area contributed by atoms with Crippen LogP contribution in [0, 0.1) is 11.6 Å². The molecule has 0 saturated carbocycles. The summed E-state index contributed by atoms with van der Waals surface area (Å²) >= 11 is 0. The number of hydrogen-bond acceptors (Lipinski definition) is 3. The third-order valence-electron chi connectivity index (χ3n) is 3.06. The Morgan fingerprint density at radius 2 is 1.81 bits per heavy atom. The van der Waals surface area contributed by atoms with Crippen LogP contribution in [0.3, 0.4) is 0 Å². The van der Waals surface area contributed by atoms with Gasteiger partial charge in [-0.25, -0.2) is 13.8 Å². The van der Waals surface area contributed by atoms with E-state index >= 15 is 0 Å². The van der Waals surface area contributed by atoms with Gasteiger partial charge in [0.2, 0.25) is 0 Å². The fraction of sp³-hybridized carbons (Fsp3) is 0.0667. The number of nitrogens with two attached hydrogens (primary N) is 1. The molecule has 0 atom stereocenters. The van der Waals surface area contributed by atoms with E-state index in [0.29, 0.717) is 17.9 Å². The van der Waals surface area contributed by atoms with Gasteiger partial charge in [-0.2, -0.15) is 5.10 Å². The van der Waals surface area contributed by atoms with Crippen molar-refractivity contribution >= 4 is 5.69 Å². The molecule has 6 heteroatoms. The van der Waals surface area contributed by atoms with Gasteiger partial charge in [-0.3, -0.25) is 5.10 Å². The first-order chi connectivity index (χ1) is 10.1. The predicted molar refractivity (Wildman–Crippen MR) is 75.4 cm³/mol. The second kappa shape index (κ2) is 5.32. The SMILES string of the molecule is Nc1ccc(Cc2nc(-c3ccc(F)cc3F)n[nH]2)cc1. The maximum Gasteiger partial charge on any atom is 0.184 e. The molecule has 3 aromatic rings. The summed E-state index contributed by atoms with van der Waals surface area (Å²) in [6.45, 7) is 0. The van der Waals surface area contributed by atoms with E-state index in [-0.39, 0.29) is 11.4 Å². The summed E-state index contributed by atoms with van der Waals surface area (Å²) in [5.74, 6) is -0.515. The third kappa shape index (κ3) is 2.89. The summed E-state index contributed by atoms with van der Waals surface area (Å²) in [4.78, 5) is 4.23. The maximum absolute atomic E-state index is 13.7. The fourth-order valence-electron chi connectivity index (χ4n) is 1.99. The van der Waals surface area contributed by atoms with E-state index in [1.54, 1.807) is 12.1 Å². The zero-order chi connectivity index (χ0) is 14.8. The molecule has 0 bridgehead atoms. The highest BCUT2D eigenvalue weighted by molar-refractivity contribution is 5.55. The molecule has 0 saturated heterocycles. The van der Waals surface area contributed by atoms with Crippen molar-refractivity contribution in [3.8, 4) is 11.4 Å². The van der Waals surface area contributed by atoms with Crippen LogP contribution in [0.5, 0.6) is 0 Å². The molecule has 0 radical (unpaired) electrons. The molecule has 3 rings (SSSR count). The molecule has 0 unspecified atom stereocenters. The van der Waals surface area contributed by atoms with Crippen molar-refractivity contribution in [2.24, 2.45) is 0 Å². The van der Waals surface area contributed by atoms with Crippen molar-refractivity contribution in [1.82, 2.24) is 15.2 Å². The Labute approximate surface area is 119 Å². The molecule has 4 nitrogen and oxygen atoms in total. The average Bonchev–Trinajstić information content (AvgIpc) is 2.90. The van der Waals surface area contributed by atoms with Crippen molar-refractivity contribution in [3.63, 3.8) is 0 Å². The fourth-order valence-corrected chi connectivity index (χ4v) is 1.99. The van der Waals surface area contributed by atoms with Crippen molar-refractivity contribution in [1.29, 1.82) is 0 Å². The van der Waals surface area contributed by atoms with Gasteiger partial charge < -0.3 is 5.73 Å². The molecule has 1 aromatic heterocycles. The summed E-state index contributed by atoms with van der Waals surface area (Å²) in [5, 5.41) is 6.72. The number of benzene rings is 2. The first-order valence-electron chi connectivity index (χ1n) is 6.33. The molecule has 0 fully saturated rings. The zero-order valence-corrected chi connectivity index (χ0v) is 11.0. The molecule has 0 spiro atoms. The van der Waals surface area contributed by atoms with Gasteiger partial charge in [0.1, 0.15) is 17.5 Å². The van der Waals surface area contributed by atoms with Gasteiger partial charge in [0.25, 0.3) is 0 Å². The second-order valence-electron chi connectivity index (χ2n) is 4.65. The lowest BCUT2D eigenvalue weighted by molar-refractivity contribution is 0.585. The molecule has 0 amide bonds. The van der Waals surface area contributed by atoms with E-state index in [4.69, 9.17) is 5.73 Å². The predicted octanol–water partition coefficient (Wildman–Crippen LogP) is 2.92. The van der Waals surface area contributed by atoms with Gasteiger partial charge >= 0.3 is 0 Å². The summed E-state index contributed by atoms with van der Waals surface area (Å²) in [5.41, 5.74) is 7.48. The number of aromatic amines is 1. The quantitative estimate of drug-likeness (QED) is 0.727. The summed E-state index contributed by atoms with van der Waals surface area (Å²) in [6, 6.07) is 10.7. The van der Waals surface area contributed by atoms with E-state index in [9.17, 15) is 8.78 Å². The van der Waals surface area contributed by atoms with Crippen molar-refractivity contribution < 1.29 is 8.78 Å². The lowest BCUT2D eigenvalue weighted by atomic mass is 10.1. The number of halogens is 2. The normalized spacial score (nSPS) is 10.8. The van der Waals surface area contributed by atoms with Crippen molar-refractivity contribution in [2.75, 3.05) is 5.73 Å². The molecule has 2 aromatic carbocycles. The topological polar surface area (TPSA) is 67.6 Å². The number of H-pyrrole nitrogens is 1. The van der Waals surface area contributed by atoms with Gasteiger partial charge in [-0.1, -0.05) is 12.1 Å². The number of rotatable bonds is 3. The Balaban J connectivity index is 1.84. The van der Waals surface area contributed by atoms with E-state index < -0.39 is 11.6 Å². The van der Waals surface area contributed by atoms with Gasteiger partial charge in [0.05, 0.1) is 5.56 Å². The van der Waals surface area contributed by atoms with E-state index in [2.05, 4.69) is 15.2 Å². The third-order valence-corrected chi connectivity index (χ3v) is 3.06. The molecule has 0 aliphatic rings.